The van der Waals surface area contributed by atoms with Gasteiger partial charge >= 0.3 is 0 Å². The molecule has 0 radical (unpaired) electrons. The molecule has 2 saturated heterocycles. The lowest BCUT2D eigenvalue weighted by molar-refractivity contribution is -0.125. The van der Waals surface area contributed by atoms with Crippen LogP contribution < -0.4 is 5.32 Å². The Labute approximate surface area is 200 Å². The SMILES string of the molecule is O=C(NC1CCN(Cc2cccnc2)CC1)[C@@H]1CCCN1S(=O)(=O)c1ccc2ccccc2c1. The Bertz CT molecular complexity index is 1260. The normalized spacial score (nSPS) is 20.5. The van der Waals surface area contributed by atoms with Crippen molar-refractivity contribution >= 4 is 26.7 Å². The van der Waals surface area contributed by atoms with Crippen molar-refractivity contribution in [2.75, 3.05) is 19.6 Å². The minimum Gasteiger partial charge on any atom is -0.352 e. The number of rotatable bonds is 6. The predicted octanol–water partition coefficient (Wildman–Crippen LogP) is 3.17. The standard InChI is InChI=1S/C26H30N4O3S/c31-26(28-23-11-15-29(16-12-23)19-20-5-3-13-27-18-20)25-8-4-14-30(25)34(32,33)24-10-9-21-6-1-2-7-22(21)17-24/h1-3,5-7,9-10,13,17-18,23,25H,4,8,11-12,14-16,19H2,(H,28,31)/t25-/m0/s1. The van der Waals surface area contributed by atoms with Gasteiger partial charge in [-0.05, 0) is 60.2 Å². The lowest BCUT2D eigenvalue weighted by Crippen LogP contribution is -2.51. The third-order valence-electron chi connectivity index (χ3n) is 6.90. The van der Waals surface area contributed by atoms with Crippen LogP contribution in [0.15, 0.2) is 71.9 Å². The van der Waals surface area contributed by atoms with E-state index in [1.165, 1.54) is 9.87 Å². The molecule has 0 bridgehead atoms. The fraction of sp³-hybridized carbons (Fsp3) is 0.385. The van der Waals surface area contributed by atoms with E-state index in [0.29, 0.717) is 19.4 Å². The first-order valence-electron chi connectivity index (χ1n) is 11.9. The molecule has 1 aromatic heterocycles. The summed E-state index contributed by atoms with van der Waals surface area (Å²) in [6.45, 7) is 3.01. The monoisotopic (exact) mass is 478 g/mol. The zero-order valence-corrected chi connectivity index (χ0v) is 20.0. The zero-order valence-electron chi connectivity index (χ0n) is 19.1. The number of sulfonamides is 1. The van der Waals surface area contributed by atoms with E-state index in [4.69, 9.17) is 0 Å². The number of hydrogen-bond donors (Lipinski definition) is 1. The molecule has 0 spiro atoms. The number of amides is 1. The number of carbonyl (C=O) groups excluding carboxylic acids is 1. The maximum atomic E-state index is 13.4. The lowest BCUT2D eigenvalue weighted by Gasteiger charge is -2.33. The van der Waals surface area contributed by atoms with Gasteiger partial charge < -0.3 is 5.32 Å². The van der Waals surface area contributed by atoms with Crippen molar-refractivity contribution in [3.05, 3.63) is 72.6 Å². The van der Waals surface area contributed by atoms with Crippen LogP contribution >= 0.6 is 0 Å². The maximum Gasteiger partial charge on any atom is 0.243 e. The summed E-state index contributed by atoms with van der Waals surface area (Å²) in [5.41, 5.74) is 1.19. The molecule has 0 saturated carbocycles. The Morgan fingerprint density at radius 1 is 0.971 bits per heavy atom. The number of hydrogen-bond acceptors (Lipinski definition) is 5. The number of fused-ring (bicyclic) bond motifs is 1. The molecule has 34 heavy (non-hydrogen) atoms. The summed E-state index contributed by atoms with van der Waals surface area (Å²) in [5, 5.41) is 5.01. The minimum atomic E-state index is -3.75. The van der Waals surface area contributed by atoms with Gasteiger partial charge in [0.25, 0.3) is 0 Å². The molecule has 1 atom stereocenters. The second-order valence-electron chi connectivity index (χ2n) is 9.20. The number of carbonyl (C=O) groups is 1. The molecule has 2 aromatic carbocycles. The van der Waals surface area contributed by atoms with Gasteiger partial charge in [0.2, 0.25) is 15.9 Å². The summed E-state index contributed by atoms with van der Waals surface area (Å²) in [7, 11) is -3.75. The number of nitrogens with one attached hydrogen (secondary N) is 1. The van der Waals surface area contributed by atoms with Gasteiger partial charge in [0.05, 0.1) is 4.90 Å². The van der Waals surface area contributed by atoms with Crippen molar-refractivity contribution in [2.45, 2.75) is 49.2 Å². The van der Waals surface area contributed by atoms with Crippen LogP contribution in [0.4, 0.5) is 0 Å². The number of likely N-dealkylation sites (tertiary alicyclic amines) is 1. The van der Waals surface area contributed by atoms with Crippen LogP contribution in [0, 0.1) is 0 Å². The molecule has 7 nitrogen and oxygen atoms in total. The molecule has 8 heteroatoms. The molecule has 2 aliphatic heterocycles. The number of piperidine rings is 1. The Balaban J connectivity index is 1.21. The van der Waals surface area contributed by atoms with Gasteiger partial charge in [-0.2, -0.15) is 4.31 Å². The van der Waals surface area contributed by atoms with Crippen LogP contribution in [0.1, 0.15) is 31.2 Å². The number of aromatic nitrogens is 1. The van der Waals surface area contributed by atoms with E-state index in [-0.39, 0.29) is 16.8 Å². The van der Waals surface area contributed by atoms with Crippen LogP contribution in [-0.4, -0.2) is 60.2 Å². The Kier molecular flexibility index (Phi) is 6.63. The number of pyridine rings is 1. The van der Waals surface area contributed by atoms with Crippen LogP contribution in [0.3, 0.4) is 0 Å². The van der Waals surface area contributed by atoms with E-state index in [1.54, 1.807) is 18.3 Å². The molecular weight excluding hydrogens is 448 g/mol. The van der Waals surface area contributed by atoms with Gasteiger partial charge in [-0.3, -0.25) is 14.7 Å². The third-order valence-corrected chi connectivity index (χ3v) is 8.80. The Morgan fingerprint density at radius 3 is 2.53 bits per heavy atom. The van der Waals surface area contributed by atoms with Gasteiger partial charge in [-0.25, -0.2) is 8.42 Å². The van der Waals surface area contributed by atoms with E-state index in [0.717, 1.165) is 43.2 Å². The van der Waals surface area contributed by atoms with Crippen molar-refractivity contribution in [3.8, 4) is 0 Å². The molecule has 178 valence electrons. The van der Waals surface area contributed by atoms with Gasteiger partial charge in [0, 0.05) is 44.6 Å². The van der Waals surface area contributed by atoms with E-state index >= 15 is 0 Å². The largest absolute Gasteiger partial charge is 0.352 e. The van der Waals surface area contributed by atoms with Gasteiger partial charge in [-0.1, -0.05) is 36.4 Å². The summed E-state index contributed by atoms with van der Waals surface area (Å²) in [6.07, 6.45) is 6.62. The number of nitrogens with zero attached hydrogens (tertiary/aromatic N) is 3. The first-order chi connectivity index (χ1) is 16.5. The van der Waals surface area contributed by atoms with Gasteiger partial charge in [-0.15, -0.1) is 0 Å². The summed E-state index contributed by atoms with van der Waals surface area (Å²) in [5.74, 6) is -0.174. The van der Waals surface area contributed by atoms with Crippen LogP contribution in [0.25, 0.3) is 10.8 Å². The van der Waals surface area contributed by atoms with Crippen molar-refractivity contribution in [3.63, 3.8) is 0 Å². The molecular formula is C26H30N4O3S. The van der Waals surface area contributed by atoms with E-state index in [9.17, 15) is 13.2 Å². The molecule has 1 N–H and O–H groups in total. The smallest absolute Gasteiger partial charge is 0.243 e. The quantitative estimate of drug-likeness (QED) is 0.589. The molecule has 2 aliphatic rings. The molecule has 0 aliphatic carbocycles. The topological polar surface area (TPSA) is 82.6 Å². The van der Waals surface area contributed by atoms with Crippen LogP contribution in [0.2, 0.25) is 0 Å². The summed E-state index contributed by atoms with van der Waals surface area (Å²) < 4.78 is 28.3. The second kappa shape index (κ2) is 9.82. The maximum absolute atomic E-state index is 13.4. The van der Waals surface area contributed by atoms with Crippen molar-refractivity contribution in [1.82, 2.24) is 19.5 Å². The fourth-order valence-corrected chi connectivity index (χ4v) is 6.73. The lowest BCUT2D eigenvalue weighted by atomic mass is 10.0. The highest BCUT2D eigenvalue weighted by atomic mass is 32.2. The van der Waals surface area contributed by atoms with Crippen LogP contribution in [0.5, 0.6) is 0 Å². The number of benzene rings is 2. The average molecular weight is 479 g/mol. The first-order valence-corrected chi connectivity index (χ1v) is 13.4. The van der Waals surface area contributed by atoms with E-state index in [2.05, 4.69) is 21.3 Å². The molecule has 5 rings (SSSR count). The molecule has 1 amide bonds. The minimum absolute atomic E-state index is 0.0727. The summed E-state index contributed by atoms with van der Waals surface area (Å²) in [4.78, 5) is 19.9. The third kappa shape index (κ3) is 4.85. The fourth-order valence-electron chi connectivity index (χ4n) is 5.04. The molecule has 3 heterocycles. The van der Waals surface area contributed by atoms with E-state index in [1.807, 2.05) is 42.6 Å². The van der Waals surface area contributed by atoms with Crippen molar-refractivity contribution in [1.29, 1.82) is 0 Å². The Hall–Kier alpha value is -2.81. The zero-order chi connectivity index (χ0) is 23.5. The predicted molar refractivity (Wildman–Crippen MR) is 132 cm³/mol. The highest BCUT2D eigenvalue weighted by molar-refractivity contribution is 7.89. The first kappa shape index (κ1) is 23.0. The van der Waals surface area contributed by atoms with Crippen molar-refractivity contribution < 1.29 is 13.2 Å². The van der Waals surface area contributed by atoms with E-state index < -0.39 is 16.1 Å². The second-order valence-corrected chi connectivity index (χ2v) is 11.1. The highest BCUT2D eigenvalue weighted by Gasteiger charge is 2.40. The molecule has 0 unspecified atom stereocenters. The molecule has 2 fully saturated rings. The van der Waals surface area contributed by atoms with Gasteiger partial charge in [0.15, 0.2) is 0 Å². The average Bonchev–Trinajstić information content (AvgIpc) is 3.37. The van der Waals surface area contributed by atoms with Crippen molar-refractivity contribution in [2.24, 2.45) is 0 Å². The highest BCUT2D eigenvalue weighted by Crippen LogP contribution is 2.28. The Morgan fingerprint density at radius 2 is 1.76 bits per heavy atom. The summed E-state index contributed by atoms with van der Waals surface area (Å²) >= 11 is 0. The van der Waals surface area contributed by atoms with Crippen LogP contribution in [-0.2, 0) is 21.4 Å². The molecule has 3 aromatic rings. The van der Waals surface area contributed by atoms with Gasteiger partial charge in [0.1, 0.15) is 6.04 Å². The summed E-state index contributed by atoms with van der Waals surface area (Å²) in [6, 6.07) is 16.3.